The molecule has 1 unspecified atom stereocenters. The predicted octanol–water partition coefficient (Wildman–Crippen LogP) is 1.84. The van der Waals surface area contributed by atoms with Gasteiger partial charge in [-0.25, -0.2) is 9.78 Å². The van der Waals surface area contributed by atoms with Crippen molar-refractivity contribution in [2.24, 2.45) is 0 Å². The third-order valence-corrected chi connectivity index (χ3v) is 3.05. The van der Waals surface area contributed by atoms with Crippen molar-refractivity contribution in [3.8, 4) is 0 Å². The molecular weight excluding hydrogens is 279 g/mol. The molecule has 2 rings (SSSR count). The topological polar surface area (TPSA) is 94.0 Å². The number of hydrogen-bond acceptors (Lipinski definition) is 4. The van der Waals surface area contributed by atoms with Crippen LogP contribution in [0.1, 0.15) is 11.6 Å². The molecule has 0 aromatic carbocycles. The lowest BCUT2D eigenvalue weighted by Crippen LogP contribution is -2.20. The van der Waals surface area contributed by atoms with E-state index in [2.05, 4.69) is 9.97 Å². The molecule has 18 heavy (non-hydrogen) atoms. The zero-order valence-corrected chi connectivity index (χ0v) is 10.4. The predicted molar refractivity (Wildman–Crippen MR) is 66.7 cm³/mol. The Balaban J connectivity index is 2.53. The number of nitrogens with two attached hydrogens (primary N) is 1. The van der Waals surface area contributed by atoms with E-state index in [1.807, 2.05) is 0 Å². The number of carboxylic acid groups (broad SMARTS) is 1. The molecule has 0 aliphatic heterocycles. The number of carboxylic acids is 1. The van der Waals surface area contributed by atoms with Gasteiger partial charge in [0.05, 0.1) is 12.0 Å². The second kappa shape index (κ2) is 4.83. The van der Waals surface area contributed by atoms with Gasteiger partial charge in [-0.1, -0.05) is 23.2 Å². The summed E-state index contributed by atoms with van der Waals surface area (Å²) in [5, 5.41) is 9.37. The maximum Gasteiger partial charge on any atom is 0.331 e. The van der Waals surface area contributed by atoms with Gasteiger partial charge in [-0.15, -0.1) is 0 Å². The molecule has 94 valence electrons. The quantitative estimate of drug-likeness (QED) is 0.898. The molecule has 8 heteroatoms. The molecule has 0 fully saturated rings. The van der Waals surface area contributed by atoms with Crippen LogP contribution in [-0.4, -0.2) is 25.6 Å². The number of halogens is 2. The molecule has 0 aliphatic rings. The summed E-state index contributed by atoms with van der Waals surface area (Å²) in [4.78, 5) is 19.0. The van der Waals surface area contributed by atoms with Crippen LogP contribution in [0.5, 0.6) is 0 Å². The minimum Gasteiger partial charge on any atom is -0.479 e. The maximum atomic E-state index is 11.4. The number of aromatic nitrogens is 3. The van der Waals surface area contributed by atoms with Gasteiger partial charge in [0, 0.05) is 18.0 Å². The van der Waals surface area contributed by atoms with Crippen molar-refractivity contribution in [2.75, 3.05) is 5.73 Å². The second-order valence-electron chi connectivity index (χ2n) is 3.53. The average molecular weight is 287 g/mol. The summed E-state index contributed by atoms with van der Waals surface area (Å²) in [7, 11) is 0. The van der Waals surface area contributed by atoms with E-state index in [0.717, 1.165) is 0 Å². The van der Waals surface area contributed by atoms with Crippen LogP contribution < -0.4 is 5.73 Å². The monoisotopic (exact) mass is 286 g/mol. The average Bonchev–Trinajstić information content (AvgIpc) is 2.61. The fourth-order valence-electron chi connectivity index (χ4n) is 1.55. The van der Waals surface area contributed by atoms with Crippen LogP contribution >= 0.6 is 23.2 Å². The Bertz CT molecular complexity index is 599. The highest BCUT2D eigenvalue weighted by Crippen LogP contribution is 2.28. The molecule has 0 radical (unpaired) electrons. The first-order chi connectivity index (χ1) is 8.50. The molecule has 0 aliphatic carbocycles. The molecule has 0 bridgehead atoms. The molecule has 2 heterocycles. The first-order valence-corrected chi connectivity index (χ1v) is 5.57. The maximum absolute atomic E-state index is 11.4. The van der Waals surface area contributed by atoms with E-state index in [1.54, 1.807) is 0 Å². The highest BCUT2D eigenvalue weighted by molar-refractivity contribution is 6.40. The highest BCUT2D eigenvalue weighted by Gasteiger charge is 2.25. The Morgan fingerprint density at radius 1 is 1.44 bits per heavy atom. The molecule has 0 saturated heterocycles. The molecule has 3 N–H and O–H groups in total. The fourth-order valence-corrected chi connectivity index (χ4v) is 1.88. The van der Waals surface area contributed by atoms with Crippen molar-refractivity contribution < 1.29 is 9.90 Å². The largest absolute Gasteiger partial charge is 0.479 e. The van der Waals surface area contributed by atoms with Crippen molar-refractivity contribution in [1.29, 1.82) is 0 Å². The van der Waals surface area contributed by atoms with Gasteiger partial charge in [-0.2, -0.15) is 0 Å². The van der Waals surface area contributed by atoms with Gasteiger partial charge in [-0.3, -0.25) is 4.98 Å². The van der Waals surface area contributed by atoms with Gasteiger partial charge in [0.2, 0.25) is 0 Å². The van der Waals surface area contributed by atoms with E-state index in [0.29, 0.717) is 11.3 Å². The number of imidazole rings is 1. The third-order valence-electron chi connectivity index (χ3n) is 2.30. The number of nitrogen functional groups attached to an aromatic ring is 1. The van der Waals surface area contributed by atoms with E-state index < -0.39 is 12.0 Å². The molecular formula is C10H8Cl2N4O2. The SMILES string of the molecule is Nc1cncc(C(C(=O)O)n2cnc(Cl)c2Cl)c1. The molecule has 0 amide bonds. The number of pyridine rings is 1. The normalized spacial score (nSPS) is 12.3. The summed E-state index contributed by atoms with van der Waals surface area (Å²) in [6.45, 7) is 0. The standard InChI is InChI=1S/C10H8Cl2N4O2/c11-8-9(12)16(4-15-8)7(10(17)18)5-1-6(13)3-14-2-5/h1-4,7H,13H2,(H,17,18). The van der Waals surface area contributed by atoms with Gasteiger partial charge in [0.25, 0.3) is 0 Å². The molecule has 6 nitrogen and oxygen atoms in total. The molecule has 2 aromatic rings. The number of anilines is 1. The fraction of sp³-hybridized carbons (Fsp3) is 0.100. The minimum absolute atomic E-state index is 0.0415. The zero-order chi connectivity index (χ0) is 13.3. The number of nitrogens with zero attached hydrogens (tertiary/aromatic N) is 3. The number of aliphatic carboxylic acids is 1. The van der Waals surface area contributed by atoms with Gasteiger partial charge < -0.3 is 15.4 Å². The van der Waals surface area contributed by atoms with E-state index in [9.17, 15) is 9.90 Å². The Kier molecular flexibility index (Phi) is 3.40. The van der Waals surface area contributed by atoms with Crippen molar-refractivity contribution >= 4 is 34.9 Å². The third kappa shape index (κ3) is 2.25. The van der Waals surface area contributed by atoms with Crippen molar-refractivity contribution in [3.63, 3.8) is 0 Å². The Hall–Kier alpha value is -1.79. The summed E-state index contributed by atoms with van der Waals surface area (Å²) in [6.07, 6.45) is 4.08. The van der Waals surface area contributed by atoms with Crippen molar-refractivity contribution in [2.45, 2.75) is 6.04 Å². The van der Waals surface area contributed by atoms with E-state index in [-0.39, 0.29) is 10.3 Å². The highest BCUT2D eigenvalue weighted by atomic mass is 35.5. The lowest BCUT2D eigenvalue weighted by molar-refractivity contribution is -0.139. The number of rotatable bonds is 3. The lowest BCUT2D eigenvalue weighted by atomic mass is 10.1. The van der Waals surface area contributed by atoms with E-state index in [4.69, 9.17) is 28.9 Å². The summed E-state index contributed by atoms with van der Waals surface area (Å²) < 4.78 is 1.24. The van der Waals surface area contributed by atoms with Gasteiger partial charge in [-0.05, 0) is 6.07 Å². The van der Waals surface area contributed by atoms with Crippen LogP contribution in [0.15, 0.2) is 24.8 Å². The van der Waals surface area contributed by atoms with Crippen molar-refractivity contribution in [1.82, 2.24) is 14.5 Å². The summed E-state index contributed by atoms with van der Waals surface area (Å²) in [5.74, 6) is -1.11. The smallest absolute Gasteiger partial charge is 0.331 e. The molecule has 2 aromatic heterocycles. The molecule has 1 atom stereocenters. The van der Waals surface area contributed by atoms with Crippen LogP contribution in [-0.2, 0) is 4.79 Å². The summed E-state index contributed by atoms with van der Waals surface area (Å²) >= 11 is 11.6. The van der Waals surface area contributed by atoms with E-state index in [1.165, 1.54) is 29.4 Å². The Labute approximate surface area is 112 Å². The number of hydrogen-bond donors (Lipinski definition) is 2. The van der Waals surface area contributed by atoms with Crippen molar-refractivity contribution in [3.05, 3.63) is 40.7 Å². The van der Waals surface area contributed by atoms with Gasteiger partial charge >= 0.3 is 5.97 Å². The molecule has 0 spiro atoms. The first kappa shape index (κ1) is 12.7. The van der Waals surface area contributed by atoms with Crippen LogP contribution in [0.3, 0.4) is 0 Å². The Morgan fingerprint density at radius 2 is 2.17 bits per heavy atom. The lowest BCUT2D eigenvalue weighted by Gasteiger charge is -2.15. The summed E-state index contributed by atoms with van der Waals surface area (Å²) in [5.41, 5.74) is 6.33. The zero-order valence-electron chi connectivity index (χ0n) is 8.92. The van der Waals surface area contributed by atoms with Gasteiger partial charge in [0.15, 0.2) is 11.2 Å². The second-order valence-corrected chi connectivity index (χ2v) is 4.24. The van der Waals surface area contributed by atoms with Crippen LogP contribution in [0.2, 0.25) is 10.3 Å². The Morgan fingerprint density at radius 3 is 2.67 bits per heavy atom. The van der Waals surface area contributed by atoms with E-state index >= 15 is 0 Å². The van der Waals surface area contributed by atoms with Crippen LogP contribution in [0.4, 0.5) is 5.69 Å². The summed E-state index contributed by atoms with van der Waals surface area (Å²) in [6, 6.07) is 0.434. The minimum atomic E-state index is -1.11. The molecule has 0 saturated carbocycles. The number of carbonyl (C=O) groups is 1. The van der Waals surface area contributed by atoms with Crippen LogP contribution in [0.25, 0.3) is 0 Å². The van der Waals surface area contributed by atoms with Crippen LogP contribution in [0, 0.1) is 0 Å². The first-order valence-electron chi connectivity index (χ1n) is 4.81. The van der Waals surface area contributed by atoms with Gasteiger partial charge in [0.1, 0.15) is 5.15 Å².